The second kappa shape index (κ2) is 4.80. The van der Waals surface area contributed by atoms with E-state index in [9.17, 15) is 4.79 Å². The summed E-state index contributed by atoms with van der Waals surface area (Å²) in [5.41, 5.74) is 0.854. The lowest BCUT2D eigenvalue weighted by molar-refractivity contribution is 0.752. The lowest BCUT2D eigenvalue weighted by Crippen LogP contribution is -2.20. The Morgan fingerprint density at radius 1 is 1.50 bits per heavy atom. The van der Waals surface area contributed by atoms with E-state index in [4.69, 9.17) is 11.6 Å². The molecule has 3 nitrogen and oxygen atoms in total. The van der Waals surface area contributed by atoms with Crippen LogP contribution >= 0.6 is 27.5 Å². The van der Waals surface area contributed by atoms with Crippen LogP contribution in [0.15, 0.2) is 46.1 Å². The summed E-state index contributed by atoms with van der Waals surface area (Å²) < 4.78 is 2.01. The molecule has 2 rings (SSSR count). The van der Waals surface area contributed by atoms with Gasteiger partial charge in [0.15, 0.2) is 0 Å². The van der Waals surface area contributed by atoms with Crippen molar-refractivity contribution in [1.29, 1.82) is 0 Å². The molecule has 0 saturated heterocycles. The first-order valence-electron chi connectivity index (χ1n) is 4.61. The fraction of sp³-hybridized carbons (Fsp3) is 0.0909. The Bertz CT molecular complexity index is 554. The van der Waals surface area contributed by atoms with E-state index in [1.165, 1.54) is 0 Å². The van der Waals surface area contributed by atoms with Gasteiger partial charge < -0.3 is 4.57 Å². The van der Waals surface area contributed by atoms with E-state index < -0.39 is 0 Å². The highest BCUT2D eigenvalue weighted by Gasteiger charge is 2.03. The highest BCUT2D eigenvalue weighted by Crippen LogP contribution is 2.12. The molecule has 82 valence electrons. The van der Waals surface area contributed by atoms with Crippen LogP contribution in [0.1, 0.15) is 5.56 Å². The largest absolute Gasteiger partial charge is 0.309 e. The monoisotopic (exact) mass is 298 g/mol. The number of aromatic nitrogens is 2. The Balaban J connectivity index is 2.39. The minimum atomic E-state index is -0.103. The average molecular weight is 300 g/mol. The van der Waals surface area contributed by atoms with Crippen molar-refractivity contribution in [2.24, 2.45) is 0 Å². The van der Waals surface area contributed by atoms with Crippen molar-refractivity contribution in [3.8, 4) is 0 Å². The molecule has 2 heterocycles. The Hall–Kier alpha value is -1.13. The molecule has 2 aromatic rings. The zero-order valence-electron chi connectivity index (χ0n) is 8.23. The van der Waals surface area contributed by atoms with Crippen LogP contribution in [0, 0.1) is 0 Å². The van der Waals surface area contributed by atoms with E-state index >= 15 is 0 Å². The Kier molecular flexibility index (Phi) is 3.41. The molecule has 0 aliphatic heterocycles. The van der Waals surface area contributed by atoms with Crippen LogP contribution in [0.3, 0.4) is 0 Å². The summed E-state index contributed by atoms with van der Waals surface area (Å²) >= 11 is 9.06. The summed E-state index contributed by atoms with van der Waals surface area (Å²) in [4.78, 5) is 15.8. The van der Waals surface area contributed by atoms with E-state index in [0.717, 1.165) is 5.56 Å². The van der Waals surface area contributed by atoms with Crippen LogP contribution in [0.25, 0.3) is 0 Å². The molecular formula is C11H8BrClN2O. The fourth-order valence-electron chi connectivity index (χ4n) is 1.37. The minimum absolute atomic E-state index is 0.103. The lowest BCUT2D eigenvalue weighted by atomic mass is 10.3. The van der Waals surface area contributed by atoms with Gasteiger partial charge in [0.2, 0.25) is 0 Å². The third-order valence-corrected chi connectivity index (χ3v) is 2.86. The number of rotatable bonds is 2. The number of hydrogen-bond donors (Lipinski definition) is 0. The Morgan fingerprint density at radius 2 is 2.31 bits per heavy atom. The van der Waals surface area contributed by atoms with Crippen LogP contribution in [0.2, 0.25) is 5.02 Å². The molecule has 0 fully saturated rings. The standard InChI is InChI=1S/C11H8BrClN2O/c12-10-4-9(13)7-15(11(10)16)6-8-2-1-3-14-5-8/h1-5,7H,6H2. The van der Waals surface area contributed by atoms with Gasteiger partial charge in [-0.2, -0.15) is 0 Å². The molecule has 0 N–H and O–H groups in total. The number of halogens is 2. The molecule has 0 atom stereocenters. The first-order chi connectivity index (χ1) is 7.66. The topological polar surface area (TPSA) is 34.9 Å². The highest BCUT2D eigenvalue weighted by molar-refractivity contribution is 9.10. The van der Waals surface area contributed by atoms with Gasteiger partial charge in [-0.05, 0) is 33.6 Å². The van der Waals surface area contributed by atoms with E-state index in [2.05, 4.69) is 20.9 Å². The summed E-state index contributed by atoms with van der Waals surface area (Å²) in [5, 5.41) is 0.523. The van der Waals surface area contributed by atoms with E-state index in [1.807, 2.05) is 12.1 Å². The van der Waals surface area contributed by atoms with Crippen LogP contribution < -0.4 is 5.56 Å². The van der Waals surface area contributed by atoms with Crippen LogP contribution in [0.5, 0.6) is 0 Å². The van der Waals surface area contributed by atoms with Gasteiger partial charge in [0.1, 0.15) is 0 Å². The van der Waals surface area contributed by atoms with Crippen molar-refractivity contribution in [3.63, 3.8) is 0 Å². The first kappa shape index (κ1) is 11.4. The molecule has 5 heteroatoms. The highest BCUT2D eigenvalue weighted by atomic mass is 79.9. The van der Waals surface area contributed by atoms with Gasteiger partial charge in [-0.1, -0.05) is 17.7 Å². The van der Waals surface area contributed by atoms with Gasteiger partial charge in [-0.25, -0.2) is 0 Å². The van der Waals surface area contributed by atoms with Crippen molar-refractivity contribution in [2.75, 3.05) is 0 Å². The zero-order valence-corrected chi connectivity index (χ0v) is 10.6. The second-order valence-corrected chi connectivity index (χ2v) is 4.59. The summed E-state index contributed by atoms with van der Waals surface area (Å²) in [7, 11) is 0. The van der Waals surface area contributed by atoms with Crippen molar-refractivity contribution < 1.29 is 0 Å². The molecule has 0 unspecified atom stereocenters. The maximum absolute atomic E-state index is 11.8. The summed E-state index contributed by atoms with van der Waals surface area (Å²) in [5.74, 6) is 0. The van der Waals surface area contributed by atoms with Crippen molar-refractivity contribution >= 4 is 27.5 Å². The van der Waals surface area contributed by atoms with E-state index in [0.29, 0.717) is 16.0 Å². The van der Waals surface area contributed by atoms with E-state index in [-0.39, 0.29) is 5.56 Å². The normalized spacial score (nSPS) is 10.4. The van der Waals surface area contributed by atoms with Crippen LogP contribution in [-0.4, -0.2) is 9.55 Å². The van der Waals surface area contributed by atoms with E-state index in [1.54, 1.807) is 29.2 Å². The molecule has 0 bridgehead atoms. The third kappa shape index (κ3) is 2.51. The maximum atomic E-state index is 11.8. The minimum Gasteiger partial charge on any atom is -0.309 e. The van der Waals surface area contributed by atoms with Gasteiger partial charge >= 0.3 is 0 Å². The summed E-state index contributed by atoms with van der Waals surface area (Å²) in [6.07, 6.45) is 5.03. The Morgan fingerprint density at radius 3 is 3.00 bits per heavy atom. The quantitative estimate of drug-likeness (QED) is 0.854. The molecule has 0 radical (unpaired) electrons. The molecule has 16 heavy (non-hydrogen) atoms. The van der Waals surface area contributed by atoms with Gasteiger partial charge in [-0.3, -0.25) is 9.78 Å². The van der Waals surface area contributed by atoms with Crippen LogP contribution in [-0.2, 0) is 6.54 Å². The zero-order chi connectivity index (χ0) is 11.5. The van der Waals surface area contributed by atoms with Crippen molar-refractivity contribution in [2.45, 2.75) is 6.54 Å². The summed E-state index contributed by atoms with van der Waals surface area (Å²) in [6, 6.07) is 5.33. The SMILES string of the molecule is O=c1c(Br)cc(Cl)cn1Cc1cccnc1. The number of nitrogens with zero attached hydrogens (tertiary/aromatic N) is 2. The third-order valence-electron chi connectivity index (χ3n) is 2.08. The molecule has 2 aromatic heterocycles. The molecule has 0 aliphatic carbocycles. The van der Waals surface area contributed by atoms with Gasteiger partial charge in [0.25, 0.3) is 5.56 Å². The van der Waals surface area contributed by atoms with Crippen molar-refractivity contribution in [1.82, 2.24) is 9.55 Å². The second-order valence-electron chi connectivity index (χ2n) is 3.30. The summed E-state index contributed by atoms with van der Waals surface area (Å²) in [6.45, 7) is 0.464. The fourth-order valence-corrected chi connectivity index (χ4v) is 2.20. The number of pyridine rings is 2. The predicted molar refractivity (Wildman–Crippen MR) is 66.8 cm³/mol. The maximum Gasteiger partial charge on any atom is 0.265 e. The lowest BCUT2D eigenvalue weighted by Gasteiger charge is -2.06. The molecular weight excluding hydrogens is 291 g/mol. The average Bonchev–Trinajstić information content (AvgIpc) is 2.27. The van der Waals surface area contributed by atoms with Gasteiger partial charge in [0, 0.05) is 18.6 Å². The molecule has 0 spiro atoms. The molecule has 0 amide bonds. The molecule has 0 aromatic carbocycles. The van der Waals surface area contributed by atoms with Crippen molar-refractivity contribution in [3.05, 3.63) is 62.2 Å². The van der Waals surface area contributed by atoms with Gasteiger partial charge in [0.05, 0.1) is 16.0 Å². The molecule has 0 saturated carbocycles. The predicted octanol–water partition coefficient (Wildman–Crippen LogP) is 2.71. The Labute approximate surface area is 106 Å². The smallest absolute Gasteiger partial charge is 0.265 e. The number of hydrogen-bond acceptors (Lipinski definition) is 2. The van der Waals surface area contributed by atoms with Gasteiger partial charge in [-0.15, -0.1) is 0 Å². The molecule has 0 aliphatic rings. The van der Waals surface area contributed by atoms with Crippen LogP contribution in [0.4, 0.5) is 0 Å². The first-order valence-corrected chi connectivity index (χ1v) is 5.78.